The molecule has 3 saturated heterocycles. The Hall–Kier alpha value is -3.78. The first kappa shape index (κ1) is 34.1. The van der Waals surface area contributed by atoms with E-state index in [-0.39, 0.29) is 40.6 Å². The van der Waals surface area contributed by atoms with E-state index < -0.39 is 42.7 Å². The second-order valence-corrected chi connectivity index (χ2v) is 15.5. The van der Waals surface area contributed by atoms with Gasteiger partial charge in [0, 0.05) is 61.8 Å². The first-order valence-electron chi connectivity index (χ1n) is 15.8. The Balaban J connectivity index is 1.20. The van der Waals surface area contributed by atoms with Crippen LogP contribution in [0.1, 0.15) is 53.4 Å². The Morgan fingerprint density at radius 3 is 2.54 bits per heavy atom. The monoisotopic (exact) mass is 703 g/mol. The number of likely N-dealkylation sites (tertiary alicyclic amines) is 1. The number of carbonyl (C=O) groups excluding carboxylic acids is 4. The highest BCUT2D eigenvalue weighted by Crippen LogP contribution is 2.59. The third-order valence-corrected chi connectivity index (χ3v) is 11.6. The highest BCUT2D eigenvalue weighted by Gasteiger charge is 2.50. The number of hydrogen-bond acceptors (Lipinski definition) is 7. The number of alkyl halides is 2. The number of aromatic nitrogens is 1. The standard InChI is InChI=1S/C32H36F2N5O7PS/c1-19(40)37-12-9-24-5-6-26(31(43)38-11-8-21(17-38)13-20-3-2-10-35-16-20)39(24)30(42)25(18-37)36-29(41)28-15-22-14-23(4-7-27(22)48-28)32(33,34)47(44,45)46/h2-4,7,10,14-16,21,24-26H,5-6,8-9,11-13,17-18H2,1H3,(H,36,41)(H2,44,45,46)/t21-,24-,25+,26+/m1/s1. The van der Waals surface area contributed by atoms with E-state index in [9.17, 15) is 32.5 Å². The van der Waals surface area contributed by atoms with E-state index in [1.54, 1.807) is 11.1 Å². The summed E-state index contributed by atoms with van der Waals surface area (Å²) in [5.74, 6) is -1.27. The highest BCUT2D eigenvalue weighted by atomic mass is 32.1. The Morgan fingerprint density at radius 2 is 1.83 bits per heavy atom. The molecule has 256 valence electrons. The van der Waals surface area contributed by atoms with E-state index in [2.05, 4.69) is 10.3 Å². The van der Waals surface area contributed by atoms with Crippen molar-refractivity contribution in [3.63, 3.8) is 0 Å². The fraction of sp³-hybridized carbons (Fsp3) is 0.469. The molecule has 3 aliphatic heterocycles. The van der Waals surface area contributed by atoms with E-state index in [0.29, 0.717) is 43.6 Å². The molecule has 12 nitrogen and oxygen atoms in total. The van der Waals surface area contributed by atoms with Gasteiger partial charge in [0.1, 0.15) is 12.1 Å². The van der Waals surface area contributed by atoms with Gasteiger partial charge >= 0.3 is 13.3 Å². The van der Waals surface area contributed by atoms with Crippen molar-refractivity contribution in [1.29, 1.82) is 0 Å². The smallest absolute Gasteiger partial charge is 0.341 e. The molecular formula is C32H36F2N5O7PS. The summed E-state index contributed by atoms with van der Waals surface area (Å²) in [5, 5.41) is 2.90. The summed E-state index contributed by atoms with van der Waals surface area (Å²) in [6.45, 7) is 2.77. The number of nitrogens with one attached hydrogen (secondary N) is 1. The van der Waals surface area contributed by atoms with E-state index >= 15 is 0 Å². The number of pyridine rings is 1. The number of carbonyl (C=O) groups is 4. The molecule has 6 rings (SSSR count). The van der Waals surface area contributed by atoms with Crippen molar-refractivity contribution in [2.24, 2.45) is 5.92 Å². The van der Waals surface area contributed by atoms with Crippen LogP contribution in [0.5, 0.6) is 0 Å². The molecular weight excluding hydrogens is 667 g/mol. The summed E-state index contributed by atoms with van der Waals surface area (Å²) < 4.78 is 40.5. The Morgan fingerprint density at radius 1 is 1.06 bits per heavy atom. The molecule has 2 aromatic heterocycles. The van der Waals surface area contributed by atoms with Crippen molar-refractivity contribution in [3.05, 3.63) is 64.8 Å². The lowest BCUT2D eigenvalue weighted by Gasteiger charge is -2.39. The van der Waals surface area contributed by atoms with Gasteiger partial charge in [0.05, 0.1) is 4.88 Å². The van der Waals surface area contributed by atoms with Gasteiger partial charge in [0.15, 0.2) is 0 Å². The number of fused-ring (bicyclic) bond motifs is 2. The van der Waals surface area contributed by atoms with Gasteiger partial charge in [-0.25, -0.2) is 0 Å². The van der Waals surface area contributed by atoms with Gasteiger partial charge in [0.25, 0.3) is 5.91 Å². The number of amides is 4. The van der Waals surface area contributed by atoms with Crippen LogP contribution in [-0.2, 0) is 31.0 Å². The van der Waals surface area contributed by atoms with Crippen LogP contribution >= 0.6 is 18.9 Å². The lowest BCUT2D eigenvalue weighted by molar-refractivity contribution is -0.148. The SMILES string of the molecule is CC(=O)N1CC[C@H]2CC[C@@H](C(=O)N3CC[C@H](Cc4cccnc4)C3)N2C(=O)[C@@H](NC(=O)c2cc3cc(C(F)(F)P(=O)(O)O)ccc3s2)C1. The largest absolute Gasteiger partial charge is 0.399 e. The average molecular weight is 704 g/mol. The molecule has 4 atom stereocenters. The number of benzene rings is 1. The van der Waals surface area contributed by atoms with Gasteiger partial charge in [-0.3, -0.25) is 28.7 Å². The van der Waals surface area contributed by atoms with Crippen LogP contribution in [-0.4, -0.2) is 97.4 Å². The maximum Gasteiger partial charge on any atom is 0.399 e. The maximum atomic E-state index is 14.3. The normalized spacial score (nSPS) is 23.6. The predicted molar refractivity (Wildman–Crippen MR) is 172 cm³/mol. The molecule has 0 aliphatic carbocycles. The zero-order chi connectivity index (χ0) is 34.4. The molecule has 3 aromatic rings. The van der Waals surface area contributed by atoms with Gasteiger partial charge in [-0.05, 0) is 73.2 Å². The molecule has 1 aromatic carbocycles. The molecule has 5 heterocycles. The van der Waals surface area contributed by atoms with Crippen molar-refractivity contribution < 1.29 is 42.3 Å². The number of nitrogens with zero attached hydrogens (tertiary/aromatic N) is 4. The van der Waals surface area contributed by atoms with E-state index in [1.165, 1.54) is 24.0 Å². The van der Waals surface area contributed by atoms with Crippen LogP contribution in [0.25, 0.3) is 10.1 Å². The number of thiophene rings is 1. The van der Waals surface area contributed by atoms with E-state index in [0.717, 1.165) is 41.9 Å². The molecule has 48 heavy (non-hydrogen) atoms. The molecule has 0 saturated carbocycles. The summed E-state index contributed by atoms with van der Waals surface area (Å²) in [6.07, 6.45) is 6.73. The fourth-order valence-electron chi connectivity index (χ4n) is 7.01. The lowest BCUT2D eigenvalue weighted by Crippen LogP contribution is -2.61. The van der Waals surface area contributed by atoms with Crippen molar-refractivity contribution in [2.45, 2.75) is 62.8 Å². The van der Waals surface area contributed by atoms with Gasteiger partial charge < -0.3 is 29.8 Å². The van der Waals surface area contributed by atoms with E-state index in [1.807, 2.05) is 23.2 Å². The molecule has 3 N–H and O–H groups in total. The first-order valence-corrected chi connectivity index (χ1v) is 18.2. The first-order chi connectivity index (χ1) is 22.7. The molecule has 4 amide bonds. The minimum atomic E-state index is -5.79. The minimum Gasteiger partial charge on any atom is -0.341 e. The fourth-order valence-corrected chi connectivity index (χ4v) is 8.43. The Kier molecular flexibility index (Phi) is 9.42. The highest BCUT2D eigenvalue weighted by molar-refractivity contribution is 7.52. The summed E-state index contributed by atoms with van der Waals surface area (Å²) in [7, 11) is -5.79. The number of hydrogen-bond donors (Lipinski definition) is 3. The Bertz CT molecular complexity index is 1790. The van der Waals surface area contributed by atoms with Crippen LogP contribution in [0.15, 0.2) is 48.8 Å². The molecule has 0 bridgehead atoms. The second-order valence-electron chi connectivity index (χ2n) is 12.7. The number of rotatable bonds is 7. The molecule has 3 aliphatic rings. The van der Waals surface area contributed by atoms with Crippen LogP contribution in [0.3, 0.4) is 0 Å². The molecule has 3 fully saturated rings. The average Bonchev–Trinajstić information content (AvgIpc) is 3.79. The lowest BCUT2D eigenvalue weighted by atomic mass is 10.00. The van der Waals surface area contributed by atoms with Gasteiger partial charge in [0.2, 0.25) is 17.7 Å². The minimum absolute atomic E-state index is 0.0770. The van der Waals surface area contributed by atoms with E-state index in [4.69, 9.17) is 9.79 Å². The zero-order valence-corrected chi connectivity index (χ0v) is 27.8. The van der Waals surface area contributed by atoms with Crippen LogP contribution < -0.4 is 5.32 Å². The van der Waals surface area contributed by atoms with Crippen molar-refractivity contribution in [2.75, 3.05) is 26.2 Å². The zero-order valence-electron chi connectivity index (χ0n) is 26.1. The van der Waals surface area contributed by atoms with Gasteiger partial charge in [-0.15, -0.1) is 11.3 Å². The predicted octanol–water partition coefficient (Wildman–Crippen LogP) is 3.32. The quantitative estimate of drug-likeness (QED) is 0.316. The second kappa shape index (κ2) is 13.3. The van der Waals surface area contributed by atoms with Crippen molar-refractivity contribution in [1.82, 2.24) is 25.0 Å². The van der Waals surface area contributed by atoms with Crippen molar-refractivity contribution >= 4 is 52.6 Å². The molecule has 16 heteroatoms. The summed E-state index contributed by atoms with van der Waals surface area (Å²) >= 11 is 0.960. The van der Waals surface area contributed by atoms with Crippen LogP contribution in [0, 0.1) is 5.92 Å². The van der Waals surface area contributed by atoms with Crippen molar-refractivity contribution in [3.8, 4) is 0 Å². The van der Waals surface area contributed by atoms with Gasteiger partial charge in [-0.2, -0.15) is 8.78 Å². The van der Waals surface area contributed by atoms with Gasteiger partial charge in [-0.1, -0.05) is 12.1 Å². The molecule has 0 unspecified atom stereocenters. The maximum absolute atomic E-state index is 14.3. The molecule has 0 radical (unpaired) electrons. The topological polar surface area (TPSA) is 160 Å². The van der Waals surface area contributed by atoms with Crippen LogP contribution in [0.2, 0.25) is 0 Å². The summed E-state index contributed by atoms with van der Waals surface area (Å²) in [6, 6.07) is 6.12. The van der Waals surface area contributed by atoms with Crippen LogP contribution in [0.4, 0.5) is 8.78 Å². The third kappa shape index (κ3) is 6.73. The number of halogens is 2. The summed E-state index contributed by atoms with van der Waals surface area (Å²) in [5.41, 5.74) is -4.20. The molecule has 0 spiro atoms. The Labute approximate surface area is 279 Å². The third-order valence-electron chi connectivity index (χ3n) is 9.52. The summed E-state index contributed by atoms with van der Waals surface area (Å²) in [4.78, 5) is 81.5.